The first-order valence-electron chi connectivity index (χ1n) is 7.65. The first-order chi connectivity index (χ1) is 11.2. The zero-order chi connectivity index (χ0) is 16.2. The number of nitrogens with zero attached hydrogens (tertiary/aromatic N) is 1. The number of hydrogen-bond donors (Lipinski definition) is 1. The highest BCUT2D eigenvalue weighted by molar-refractivity contribution is 5.91. The standard InChI is InChI=1S/C18H19FN2O2/c1-23-17-10-3-2-8-15(17)20-18(22)21-11-5-9-16(21)13-6-4-7-14(19)12-13/h2-4,6-8,10,12,16H,5,9,11H2,1H3,(H,20,22)/t16-/m1/s1. The van der Waals surface area contributed by atoms with Crippen LogP contribution in [0.5, 0.6) is 5.75 Å². The van der Waals surface area contributed by atoms with Gasteiger partial charge in [-0.3, -0.25) is 0 Å². The lowest BCUT2D eigenvalue weighted by molar-refractivity contribution is 0.207. The zero-order valence-electron chi connectivity index (χ0n) is 13.0. The van der Waals surface area contributed by atoms with Gasteiger partial charge in [0.1, 0.15) is 11.6 Å². The number of para-hydroxylation sites is 2. The third kappa shape index (κ3) is 3.28. The molecule has 0 radical (unpaired) electrons. The molecule has 1 N–H and O–H groups in total. The number of urea groups is 1. The molecule has 23 heavy (non-hydrogen) atoms. The lowest BCUT2D eigenvalue weighted by atomic mass is 10.0. The highest BCUT2D eigenvalue weighted by Crippen LogP contribution is 2.33. The lowest BCUT2D eigenvalue weighted by Crippen LogP contribution is -2.34. The lowest BCUT2D eigenvalue weighted by Gasteiger charge is -2.25. The molecule has 1 aliphatic heterocycles. The van der Waals surface area contributed by atoms with Crippen molar-refractivity contribution in [2.75, 3.05) is 19.0 Å². The van der Waals surface area contributed by atoms with E-state index in [9.17, 15) is 9.18 Å². The van der Waals surface area contributed by atoms with E-state index in [-0.39, 0.29) is 17.9 Å². The number of methoxy groups -OCH3 is 1. The maximum atomic E-state index is 13.5. The third-order valence-electron chi connectivity index (χ3n) is 4.10. The van der Waals surface area contributed by atoms with Crippen molar-refractivity contribution in [3.05, 3.63) is 59.9 Å². The summed E-state index contributed by atoms with van der Waals surface area (Å²) in [5, 5.41) is 2.89. The minimum atomic E-state index is -0.278. The molecule has 0 bridgehead atoms. The van der Waals surface area contributed by atoms with E-state index in [0.717, 1.165) is 18.4 Å². The highest BCUT2D eigenvalue weighted by Gasteiger charge is 2.30. The minimum absolute atomic E-state index is 0.0968. The van der Waals surface area contributed by atoms with Crippen molar-refractivity contribution < 1.29 is 13.9 Å². The summed E-state index contributed by atoms with van der Waals surface area (Å²) in [5.74, 6) is 0.335. The average Bonchev–Trinajstić information content (AvgIpc) is 3.05. The van der Waals surface area contributed by atoms with Gasteiger partial charge in [0, 0.05) is 6.54 Å². The molecule has 2 aromatic rings. The van der Waals surface area contributed by atoms with Gasteiger partial charge in [0.25, 0.3) is 0 Å². The van der Waals surface area contributed by atoms with Gasteiger partial charge in [-0.2, -0.15) is 0 Å². The third-order valence-corrected chi connectivity index (χ3v) is 4.10. The fraction of sp³-hybridized carbons (Fsp3) is 0.278. The first-order valence-corrected chi connectivity index (χ1v) is 7.65. The number of anilines is 1. The number of rotatable bonds is 3. The van der Waals surface area contributed by atoms with Crippen LogP contribution in [0.1, 0.15) is 24.4 Å². The molecule has 1 aliphatic rings. The van der Waals surface area contributed by atoms with E-state index in [2.05, 4.69) is 5.32 Å². The molecule has 1 fully saturated rings. The second-order valence-electron chi connectivity index (χ2n) is 5.54. The van der Waals surface area contributed by atoms with Crippen LogP contribution in [0.2, 0.25) is 0 Å². The zero-order valence-corrected chi connectivity index (χ0v) is 13.0. The topological polar surface area (TPSA) is 41.6 Å². The SMILES string of the molecule is COc1ccccc1NC(=O)N1CCC[C@@H]1c1cccc(F)c1. The van der Waals surface area contributed by atoms with Crippen LogP contribution in [0.15, 0.2) is 48.5 Å². The van der Waals surface area contributed by atoms with Crippen molar-refractivity contribution in [2.24, 2.45) is 0 Å². The summed E-state index contributed by atoms with van der Waals surface area (Å²) in [5.41, 5.74) is 1.46. The van der Waals surface area contributed by atoms with Gasteiger partial charge in [-0.15, -0.1) is 0 Å². The van der Waals surface area contributed by atoms with Gasteiger partial charge in [-0.25, -0.2) is 9.18 Å². The Kier molecular flexibility index (Phi) is 4.46. The van der Waals surface area contributed by atoms with E-state index in [1.54, 1.807) is 30.2 Å². The van der Waals surface area contributed by atoms with Crippen LogP contribution in [0.25, 0.3) is 0 Å². The molecule has 120 valence electrons. The molecule has 2 amide bonds. The minimum Gasteiger partial charge on any atom is -0.495 e. The summed E-state index contributed by atoms with van der Waals surface area (Å²) in [6.45, 7) is 0.655. The molecule has 3 rings (SSSR count). The van der Waals surface area contributed by atoms with Gasteiger partial charge in [-0.1, -0.05) is 24.3 Å². The Hall–Kier alpha value is -2.56. The molecule has 0 saturated carbocycles. The van der Waals surface area contributed by atoms with Gasteiger partial charge in [-0.05, 0) is 42.7 Å². The molecule has 4 nitrogen and oxygen atoms in total. The van der Waals surface area contributed by atoms with Crippen LogP contribution in [-0.2, 0) is 0 Å². The molecule has 1 atom stereocenters. The summed E-state index contributed by atoms with van der Waals surface area (Å²) in [4.78, 5) is 14.4. The molecule has 0 spiro atoms. The van der Waals surface area contributed by atoms with E-state index in [0.29, 0.717) is 18.0 Å². The van der Waals surface area contributed by atoms with Gasteiger partial charge < -0.3 is 15.0 Å². The number of nitrogens with one attached hydrogen (secondary N) is 1. The van der Waals surface area contributed by atoms with Gasteiger partial charge in [0.15, 0.2) is 0 Å². The predicted octanol–water partition coefficient (Wildman–Crippen LogP) is 4.20. The van der Waals surface area contributed by atoms with Crippen LogP contribution < -0.4 is 10.1 Å². The van der Waals surface area contributed by atoms with Crippen molar-refractivity contribution >= 4 is 11.7 Å². The van der Waals surface area contributed by atoms with Crippen LogP contribution >= 0.6 is 0 Å². The molecule has 1 saturated heterocycles. The average molecular weight is 314 g/mol. The number of amides is 2. The van der Waals surface area contributed by atoms with Crippen LogP contribution in [0, 0.1) is 5.82 Å². The number of ether oxygens (including phenoxy) is 1. The number of hydrogen-bond acceptors (Lipinski definition) is 2. The van der Waals surface area contributed by atoms with E-state index < -0.39 is 0 Å². The molecule has 5 heteroatoms. The molecule has 0 unspecified atom stereocenters. The fourth-order valence-corrected chi connectivity index (χ4v) is 3.01. The number of likely N-dealkylation sites (tertiary alicyclic amines) is 1. The Morgan fingerprint density at radius 1 is 1.26 bits per heavy atom. The van der Waals surface area contributed by atoms with Crippen molar-refractivity contribution in [1.82, 2.24) is 4.90 Å². The number of carbonyl (C=O) groups excluding carboxylic acids is 1. The predicted molar refractivity (Wildman–Crippen MR) is 87.1 cm³/mol. The van der Waals surface area contributed by atoms with E-state index in [4.69, 9.17) is 4.74 Å². The summed E-state index contributed by atoms with van der Waals surface area (Å²) in [6, 6.07) is 13.4. The van der Waals surface area contributed by atoms with Gasteiger partial charge in [0.2, 0.25) is 0 Å². The molecule has 1 heterocycles. The Balaban J connectivity index is 1.78. The largest absolute Gasteiger partial charge is 0.495 e. The number of halogens is 1. The second kappa shape index (κ2) is 6.69. The van der Waals surface area contributed by atoms with Crippen LogP contribution in [0.4, 0.5) is 14.9 Å². The molecular formula is C18H19FN2O2. The molecule has 0 aliphatic carbocycles. The van der Waals surface area contributed by atoms with E-state index in [1.807, 2.05) is 18.2 Å². The highest BCUT2D eigenvalue weighted by atomic mass is 19.1. The monoisotopic (exact) mass is 314 g/mol. The Bertz CT molecular complexity index is 705. The van der Waals surface area contributed by atoms with E-state index in [1.165, 1.54) is 12.1 Å². The van der Waals surface area contributed by atoms with E-state index >= 15 is 0 Å². The van der Waals surface area contributed by atoms with Crippen LogP contribution in [-0.4, -0.2) is 24.6 Å². The summed E-state index contributed by atoms with van der Waals surface area (Å²) in [7, 11) is 1.57. The van der Waals surface area contributed by atoms with Crippen molar-refractivity contribution in [1.29, 1.82) is 0 Å². The Morgan fingerprint density at radius 2 is 2.09 bits per heavy atom. The normalized spacial score (nSPS) is 17.1. The molecule has 2 aromatic carbocycles. The maximum absolute atomic E-state index is 13.5. The molecule has 0 aromatic heterocycles. The number of carbonyl (C=O) groups is 1. The van der Waals surface area contributed by atoms with Gasteiger partial charge in [0.05, 0.1) is 18.8 Å². The Labute approximate surface area is 134 Å². The number of benzene rings is 2. The summed E-state index contributed by atoms with van der Waals surface area (Å²) in [6.07, 6.45) is 1.74. The van der Waals surface area contributed by atoms with Crippen molar-refractivity contribution in [2.45, 2.75) is 18.9 Å². The second-order valence-corrected chi connectivity index (χ2v) is 5.54. The first kappa shape index (κ1) is 15.3. The van der Waals surface area contributed by atoms with Crippen molar-refractivity contribution in [3.8, 4) is 5.75 Å². The quantitative estimate of drug-likeness (QED) is 0.922. The van der Waals surface area contributed by atoms with Crippen molar-refractivity contribution in [3.63, 3.8) is 0 Å². The fourth-order valence-electron chi connectivity index (χ4n) is 3.01. The molecular weight excluding hydrogens is 295 g/mol. The Morgan fingerprint density at radius 3 is 2.87 bits per heavy atom. The maximum Gasteiger partial charge on any atom is 0.322 e. The smallest absolute Gasteiger partial charge is 0.322 e. The van der Waals surface area contributed by atoms with Crippen LogP contribution in [0.3, 0.4) is 0 Å². The van der Waals surface area contributed by atoms with Gasteiger partial charge >= 0.3 is 6.03 Å². The summed E-state index contributed by atoms with van der Waals surface area (Å²) >= 11 is 0. The summed E-state index contributed by atoms with van der Waals surface area (Å²) < 4.78 is 18.7.